The summed E-state index contributed by atoms with van der Waals surface area (Å²) in [4.78, 5) is 10.6. The fourth-order valence-corrected chi connectivity index (χ4v) is 8.28. The van der Waals surface area contributed by atoms with Gasteiger partial charge in [-0.3, -0.25) is 0 Å². The van der Waals surface area contributed by atoms with Crippen molar-refractivity contribution >= 4 is 43.5 Å². The van der Waals surface area contributed by atoms with Crippen molar-refractivity contribution in [3.05, 3.63) is 206 Å². The van der Waals surface area contributed by atoms with Crippen LogP contribution in [-0.4, -0.2) is 9.97 Å². The molecule has 0 bridgehead atoms. The molecule has 0 saturated heterocycles. The molecule has 0 N–H and O–H groups in total. The molecule has 0 aliphatic carbocycles. The maximum absolute atomic E-state index is 6.60. The van der Waals surface area contributed by atoms with Gasteiger partial charge < -0.3 is 4.42 Å². The van der Waals surface area contributed by atoms with Gasteiger partial charge in [0.25, 0.3) is 0 Å². The minimum absolute atomic E-state index is 0.677. The fourth-order valence-electron chi connectivity index (χ4n) is 8.28. The average molecular weight is 727 g/mol. The summed E-state index contributed by atoms with van der Waals surface area (Å²) in [5.74, 6) is 0.677. The Kier molecular flexibility index (Phi) is 7.82. The normalized spacial score (nSPS) is 11.5. The van der Waals surface area contributed by atoms with Gasteiger partial charge in [-0.05, 0) is 85.8 Å². The topological polar surface area (TPSA) is 38.9 Å². The summed E-state index contributed by atoms with van der Waals surface area (Å²) in [6, 6.07) is 72.8. The lowest BCUT2D eigenvalue weighted by molar-refractivity contribution is 0.670. The van der Waals surface area contributed by atoms with E-state index in [0.29, 0.717) is 5.82 Å². The van der Waals surface area contributed by atoms with E-state index in [1.807, 2.05) is 30.3 Å². The summed E-state index contributed by atoms with van der Waals surface area (Å²) in [6.45, 7) is 0. The average Bonchev–Trinajstić information content (AvgIpc) is 3.68. The summed E-state index contributed by atoms with van der Waals surface area (Å²) in [5.41, 5.74) is 13.2. The van der Waals surface area contributed by atoms with Gasteiger partial charge in [0.05, 0.1) is 11.4 Å². The first-order valence-electron chi connectivity index (χ1n) is 19.3. The van der Waals surface area contributed by atoms with Crippen LogP contribution in [0.5, 0.6) is 0 Å². The highest BCUT2D eigenvalue weighted by Crippen LogP contribution is 2.41. The largest absolute Gasteiger partial charge is 0.455 e. The van der Waals surface area contributed by atoms with Crippen LogP contribution in [0.2, 0.25) is 0 Å². The van der Waals surface area contributed by atoms with Gasteiger partial charge in [-0.15, -0.1) is 0 Å². The first-order valence-corrected chi connectivity index (χ1v) is 19.3. The second-order valence-electron chi connectivity index (χ2n) is 14.5. The zero-order chi connectivity index (χ0) is 37.7. The van der Waals surface area contributed by atoms with Crippen molar-refractivity contribution in [1.82, 2.24) is 9.97 Å². The number of furan rings is 1. The highest BCUT2D eigenvalue weighted by atomic mass is 16.3. The molecule has 57 heavy (non-hydrogen) atoms. The first-order chi connectivity index (χ1) is 28.2. The molecule has 266 valence electrons. The predicted molar refractivity (Wildman–Crippen MR) is 237 cm³/mol. The second-order valence-corrected chi connectivity index (χ2v) is 14.5. The van der Waals surface area contributed by atoms with E-state index >= 15 is 0 Å². The summed E-state index contributed by atoms with van der Waals surface area (Å²) < 4.78 is 6.60. The third kappa shape index (κ3) is 5.85. The molecule has 0 radical (unpaired) electrons. The lowest BCUT2D eigenvalue weighted by Gasteiger charge is -2.15. The van der Waals surface area contributed by atoms with Crippen LogP contribution in [0.1, 0.15) is 0 Å². The molecule has 0 unspecified atom stereocenters. The van der Waals surface area contributed by atoms with Crippen LogP contribution < -0.4 is 0 Å². The highest BCUT2D eigenvalue weighted by Gasteiger charge is 2.18. The van der Waals surface area contributed by atoms with E-state index in [1.54, 1.807) is 0 Å². The van der Waals surface area contributed by atoms with E-state index in [4.69, 9.17) is 14.4 Å². The predicted octanol–water partition coefficient (Wildman–Crippen LogP) is 14.7. The fraction of sp³-hybridized carbons (Fsp3) is 0. The molecule has 11 aromatic rings. The minimum atomic E-state index is 0.677. The number of aromatic nitrogens is 2. The first kappa shape index (κ1) is 32.8. The molecule has 2 heterocycles. The Balaban J connectivity index is 1.16. The molecule has 3 nitrogen and oxygen atoms in total. The lowest BCUT2D eigenvalue weighted by Crippen LogP contribution is -1.97. The smallest absolute Gasteiger partial charge is 0.160 e. The van der Waals surface area contributed by atoms with Gasteiger partial charge in [-0.1, -0.05) is 170 Å². The molecule has 0 saturated carbocycles. The molecule has 11 rings (SSSR count). The quantitative estimate of drug-likeness (QED) is 0.171. The van der Waals surface area contributed by atoms with Crippen LogP contribution in [0.15, 0.2) is 211 Å². The number of para-hydroxylation sites is 2. The van der Waals surface area contributed by atoms with Gasteiger partial charge in [0.15, 0.2) is 5.82 Å². The Morgan fingerprint density at radius 3 is 1.74 bits per heavy atom. The zero-order valence-electron chi connectivity index (χ0n) is 30.9. The Morgan fingerprint density at radius 2 is 0.912 bits per heavy atom. The summed E-state index contributed by atoms with van der Waals surface area (Å²) in [7, 11) is 0. The third-order valence-electron chi connectivity index (χ3n) is 11.1. The van der Waals surface area contributed by atoms with Crippen molar-refractivity contribution < 1.29 is 4.42 Å². The number of nitrogens with zero attached hydrogens (tertiary/aromatic N) is 2. The Morgan fingerprint density at radius 1 is 0.298 bits per heavy atom. The van der Waals surface area contributed by atoms with E-state index in [9.17, 15) is 0 Å². The van der Waals surface area contributed by atoms with Crippen molar-refractivity contribution in [1.29, 1.82) is 0 Å². The van der Waals surface area contributed by atoms with Crippen molar-refractivity contribution in [3.63, 3.8) is 0 Å². The monoisotopic (exact) mass is 726 g/mol. The molecule has 0 spiro atoms. The molecule has 2 aromatic heterocycles. The number of fused-ring (bicyclic) bond motifs is 5. The van der Waals surface area contributed by atoms with Gasteiger partial charge >= 0.3 is 0 Å². The summed E-state index contributed by atoms with van der Waals surface area (Å²) in [6.07, 6.45) is 0. The molecule has 0 amide bonds. The molecular formula is C54H34N2O. The standard InChI is InChI=1S/C54H34N2O/c1-3-15-36(16-4-1)43-28-29-47(46-21-10-9-20-45(43)46)51-34-50(55-54(56-51)37-17-5-2-6-18-37)42-32-40(39-27-26-35-14-7-8-19-38(35)30-39)31-41(33-42)44-23-13-24-49-48-22-11-12-25-52(48)57-53(44)49/h1-34H. The molecule has 0 atom stereocenters. The third-order valence-corrected chi connectivity index (χ3v) is 11.1. The molecule has 0 aliphatic rings. The zero-order valence-corrected chi connectivity index (χ0v) is 30.9. The van der Waals surface area contributed by atoms with Gasteiger partial charge in [0, 0.05) is 33.0 Å². The van der Waals surface area contributed by atoms with E-state index in [1.165, 1.54) is 27.3 Å². The van der Waals surface area contributed by atoms with Crippen molar-refractivity contribution in [3.8, 4) is 67.3 Å². The number of hydrogen-bond acceptors (Lipinski definition) is 3. The maximum Gasteiger partial charge on any atom is 0.160 e. The van der Waals surface area contributed by atoms with Crippen molar-refractivity contribution in [2.45, 2.75) is 0 Å². The van der Waals surface area contributed by atoms with Gasteiger partial charge in [-0.25, -0.2) is 9.97 Å². The maximum atomic E-state index is 6.60. The Labute approximate surface area is 330 Å². The van der Waals surface area contributed by atoms with Crippen LogP contribution >= 0.6 is 0 Å². The van der Waals surface area contributed by atoms with E-state index < -0.39 is 0 Å². The van der Waals surface area contributed by atoms with Crippen molar-refractivity contribution in [2.75, 3.05) is 0 Å². The molecule has 3 heteroatoms. The Hall–Kier alpha value is -7.62. The number of rotatable bonds is 6. The van der Waals surface area contributed by atoms with E-state index in [2.05, 4.69) is 176 Å². The molecule has 0 aliphatic heterocycles. The van der Waals surface area contributed by atoms with Crippen LogP contribution in [0.4, 0.5) is 0 Å². The SMILES string of the molecule is c1ccc(-c2nc(-c3cc(-c4ccc5ccccc5c4)cc(-c4cccc5c4oc4ccccc45)c3)cc(-c3ccc(-c4ccccc4)c4ccccc34)n2)cc1. The van der Waals surface area contributed by atoms with Gasteiger partial charge in [-0.2, -0.15) is 0 Å². The van der Waals surface area contributed by atoms with Crippen molar-refractivity contribution in [2.24, 2.45) is 0 Å². The van der Waals surface area contributed by atoms with Gasteiger partial charge in [0.2, 0.25) is 0 Å². The van der Waals surface area contributed by atoms with E-state index in [0.717, 1.165) is 77.7 Å². The van der Waals surface area contributed by atoms with Crippen LogP contribution in [0, 0.1) is 0 Å². The minimum Gasteiger partial charge on any atom is -0.455 e. The highest BCUT2D eigenvalue weighted by molar-refractivity contribution is 6.10. The van der Waals surface area contributed by atoms with E-state index in [-0.39, 0.29) is 0 Å². The molecular weight excluding hydrogens is 693 g/mol. The van der Waals surface area contributed by atoms with Crippen LogP contribution in [-0.2, 0) is 0 Å². The Bertz CT molecular complexity index is 3290. The second kappa shape index (κ2) is 13.6. The molecule has 9 aromatic carbocycles. The van der Waals surface area contributed by atoms with Gasteiger partial charge in [0.1, 0.15) is 11.2 Å². The number of benzene rings is 9. The molecule has 0 fully saturated rings. The van der Waals surface area contributed by atoms with Crippen LogP contribution in [0.25, 0.3) is 111 Å². The number of hydrogen-bond donors (Lipinski definition) is 0. The summed E-state index contributed by atoms with van der Waals surface area (Å²) >= 11 is 0. The summed E-state index contributed by atoms with van der Waals surface area (Å²) in [5, 5.41) is 6.94. The van der Waals surface area contributed by atoms with Crippen LogP contribution in [0.3, 0.4) is 0 Å². The lowest BCUT2D eigenvalue weighted by atomic mass is 9.92.